The topological polar surface area (TPSA) is 134 Å². The number of allylic oxidation sites excluding steroid dienone is 1. The molecule has 4 amide bonds. The second kappa shape index (κ2) is 10.1. The van der Waals surface area contributed by atoms with Crippen LogP contribution >= 0.6 is 0 Å². The maximum atomic E-state index is 14.1. The maximum Gasteiger partial charge on any atom is 0.416 e. The van der Waals surface area contributed by atoms with Gasteiger partial charge in [0.25, 0.3) is 0 Å². The molecule has 40 heavy (non-hydrogen) atoms. The number of nitrogens with zero attached hydrogens (tertiary/aromatic N) is 3. The number of carbonyl (C=O) groups is 3. The van der Waals surface area contributed by atoms with Crippen LogP contribution in [0, 0.1) is 16.1 Å². The average molecular weight is 572 g/mol. The number of alkyl halides is 3. The number of nitrogens with one attached hydrogen (secondary N) is 2. The quantitative estimate of drug-likeness (QED) is 0.529. The third-order valence-corrected chi connectivity index (χ3v) is 9.12. The summed E-state index contributed by atoms with van der Waals surface area (Å²) in [4.78, 5) is 42.8. The summed E-state index contributed by atoms with van der Waals surface area (Å²) < 4.78 is 60.4. The highest BCUT2D eigenvalue weighted by Gasteiger charge is 2.49. The fraction of sp³-hybridized carbons (Fsp3) is 0.333. The second-order valence-electron chi connectivity index (χ2n) is 9.90. The molecule has 2 aromatic carbocycles. The number of imide groups is 1. The van der Waals surface area contributed by atoms with Crippen molar-refractivity contribution in [1.82, 2.24) is 10.2 Å². The summed E-state index contributed by atoms with van der Waals surface area (Å²) in [6.45, 7) is 0. The van der Waals surface area contributed by atoms with Crippen LogP contribution in [0.15, 0.2) is 59.8 Å². The van der Waals surface area contributed by atoms with Crippen LogP contribution in [0.25, 0.3) is 0 Å². The van der Waals surface area contributed by atoms with Gasteiger partial charge in [-0.15, -0.1) is 0 Å². The van der Waals surface area contributed by atoms with Crippen LogP contribution in [0.2, 0.25) is 0 Å². The minimum Gasteiger partial charge on any atom is -0.335 e. The SMILES string of the molecule is N#Cc1ccc(C2C3=C(CCC3=O)N(c3cccc(C(F)(F)F)c3)C(=O)N2C(=O)NC2CCS(=N)(=O)CC2)cc1. The summed E-state index contributed by atoms with van der Waals surface area (Å²) in [7, 11) is -2.74. The number of hydrogen-bond acceptors (Lipinski definition) is 6. The summed E-state index contributed by atoms with van der Waals surface area (Å²) in [5, 5.41) is 12.0. The first-order valence-electron chi connectivity index (χ1n) is 12.5. The Morgan fingerprint density at radius 3 is 2.38 bits per heavy atom. The van der Waals surface area contributed by atoms with Crippen LogP contribution in [0.5, 0.6) is 0 Å². The van der Waals surface area contributed by atoms with Crippen molar-refractivity contribution in [2.75, 3.05) is 16.4 Å². The Kier molecular flexibility index (Phi) is 6.91. The molecule has 9 nitrogen and oxygen atoms in total. The molecule has 0 aromatic heterocycles. The number of carbonyl (C=O) groups excluding carboxylic acids is 3. The number of rotatable bonds is 3. The van der Waals surface area contributed by atoms with Gasteiger partial charge in [-0.3, -0.25) is 14.5 Å². The Morgan fingerprint density at radius 2 is 1.75 bits per heavy atom. The molecule has 5 rings (SSSR count). The molecule has 13 heteroatoms. The van der Waals surface area contributed by atoms with Gasteiger partial charge >= 0.3 is 18.2 Å². The molecule has 2 N–H and O–H groups in total. The molecule has 208 valence electrons. The molecule has 1 unspecified atom stereocenters. The van der Waals surface area contributed by atoms with Crippen molar-refractivity contribution in [3.05, 3.63) is 76.5 Å². The van der Waals surface area contributed by atoms with Crippen LogP contribution in [0.3, 0.4) is 0 Å². The van der Waals surface area contributed by atoms with Gasteiger partial charge in [0.15, 0.2) is 5.78 Å². The summed E-state index contributed by atoms with van der Waals surface area (Å²) in [6, 6.07) is 8.69. The van der Waals surface area contributed by atoms with E-state index < -0.39 is 45.6 Å². The number of hydrogen-bond donors (Lipinski definition) is 2. The highest BCUT2D eigenvalue weighted by atomic mass is 32.2. The minimum atomic E-state index is -4.68. The lowest BCUT2D eigenvalue weighted by Crippen LogP contribution is -2.57. The Morgan fingerprint density at radius 1 is 1.07 bits per heavy atom. The maximum absolute atomic E-state index is 14.1. The van der Waals surface area contributed by atoms with Gasteiger partial charge in [0, 0.05) is 45.0 Å². The third kappa shape index (κ3) is 5.06. The van der Waals surface area contributed by atoms with E-state index in [1.54, 1.807) is 0 Å². The molecular formula is C27H24F3N5O4S. The number of ketones is 1. The fourth-order valence-electron chi connectivity index (χ4n) is 5.32. The van der Waals surface area contributed by atoms with Gasteiger partial charge in [-0.1, -0.05) is 18.2 Å². The van der Waals surface area contributed by atoms with E-state index in [9.17, 15) is 37.0 Å². The predicted molar refractivity (Wildman–Crippen MR) is 138 cm³/mol. The van der Waals surface area contributed by atoms with E-state index in [1.165, 1.54) is 30.3 Å². The van der Waals surface area contributed by atoms with Gasteiger partial charge in [-0.05, 0) is 55.2 Å². The number of nitriles is 1. The van der Waals surface area contributed by atoms with Crippen LogP contribution in [-0.4, -0.2) is 44.5 Å². The summed E-state index contributed by atoms with van der Waals surface area (Å²) in [6.07, 6.45) is -4.07. The lowest BCUT2D eigenvalue weighted by molar-refractivity contribution is -0.137. The number of benzene rings is 2. The van der Waals surface area contributed by atoms with Gasteiger partial charge in [-0.25, -0.2) is 18.7 Å². The van der Waals surface area contributed by atoms with Crippen molar-refractivity contribution in [3.63, 3.8) is 0 Å². The molecule has 1 fully saturated rings. The molecule has 1 saturated heterocycles. The summed E-state index contributed by atoms with van der Waals surface area (Å²) >= 11 is 0. The van der Waals surface area contributed by atoms with Crippen molar-refractivity contribution >= 4 is 33.3 Å². The lowest BCUT2D eigenvalue weighted by atomic mass is 9.92. The molecule has 0 saturated carbocycles. The number of urea groups is 2. The number of halogens is 3. The van der Waals surface area contributed by atoms with E-state index in [2.05, 4.69) is 5.32 Å². The van der Waals surface area contributed by atoms with Crippen molar-refractivity contribution < 1.29 is 31.8 Å². The number of amides is 4. The normalized spacial score (nSPS) is 25.1. The standard InChI is InChI=1S/C27H24F3N5O4S/c28-27(29,30)18-2-1-3-20(14-18)34-21-8-9-22(36)23(21)24(17-6-4-16(15-31)5-7-17)35(26(34)38)25(37)33-19-10-12-40(32,39)13-11-19/h1-7,14,19,24,32H,8-13H2,(H,33,37). The van der Waals surface area contributed by atoms with E-state index in [0.29, 0.717) is 11.1 Å². The monoisotopic (exact) mass is 571 g/mol. The first kappa shape index (κ1) is 27.4. The number of anilines is 1. The van der Waals surface area contributed by atoms with Crippen LogP contribution in [-0.2, 0) is 20.7 Å². The Balaban J connectivity index is 1.62. The van der Waals surface area contributed by atoms with Gasteiger partial charge in [-0.2, -0.15) is 18.4 Å². The smallest absolute Gasteiger partial charge is 0.335 e. The molecule has 0 radical (unpaired) electrons. The van der Waals surface area contributed by atoms with Gasteiger partial charge < -0.3 is 5.32 Å². The fourth-order valence-corrected chi connectivity index (χ4v) is 6.85. The largest absolute Gasteiger partial charge is 0.416 e. The van der Waals surface area contributed by atoms with Gasteiger partial charge in [0.05, 0.1) is 28.9 Å². The molecule has 3 aliphatic rings. The van der Waals surface area contributed by atoms with E-state index in [0.717, 1.165) is 28.0 Å². The van der Waals surface area contributed by atoms with Crippen molar-refractivity contribution in [3.8, 4) is 6.07 Å². The zero-order chi connectivity index (χ0) is 28.8. The van der Waals surface area contributed by atoms with Crippen molar-refractivity contribution in [1.29, 1.82) is 10.0 Å². The summed E-state index contributed by atoms with van der Waals surface area (Å²) in [5.74, 6) is -0.192. The minimum absolute atomic E-state index is 0.0101. The van der Waals surface area contributed by atoms with Crippen LogP contribution in [0.4, 0.5) is 28.4 Å². The molecular weight excluding hydrogens is 547 g/mol. The highest BCUT2D eigenvalue weighted by molar-refractivity contribution is 7.92. The first-order valence-corrected chi connectivity index (χ1v) is 14.4. The molecule has 0 bridgehead atoms. The van der Waals surface area contributed by atoms with Gasteiger partial charge in [0.1, 0.15) is 0 Å². The lowest BCUT2D eigenvalue weighted by Gasteiger charge is -2.41. The molecule has 2 aliphatic heterocycles. The third-order valence-electron chi connectivity index (χ3n) is 7.32. The van der Waals surface area contributed by atoms with Crippen molar-refractivity contribution in [2.24, 2.45) is 0 Å². The molecule has 1 aliphatic carbocycles. The Labute approximate surface area is 228 Å². The van der Waals surface area contributed by atoms with Gasteiger partial charge in [0.2, 0.25) is 0 Å². The molecule has 0 spiro atoms. The van der Waals surface area contributed by atoms with E-state index in [-0.39, 0.29) is 59.9 Å². The summed E-state index contributed by atoms with van der Waals surface area (Å²) in [5.41, 5.74) is -0.0816. The Hall–Kier alpha value is -4.18. The first-order chi connectivity index (χ1) is 18.9. The second-order valence-corrected chi connectivity index (χ2v) is 12.3. The Bertz CT molecular complexity index is 1560. The van der Waals surface area contributed by atoms with Crippen LogP contribution < -0.4 is 10.2 Å². The van der Waals surface area contributed by atoms with Crippen LogP contribution in [0.1, 0.15) is 48.4 Å². The molecule has 2 heterocycles. The predicted octanol–water partition coefficient (Wildman–Crippen LogP) is 5.10. The number of Topliss-reactive ketones (excluding diaryl/α,β-unsaturated/α-hetero) is 1. The van der Waals surface area contributed by atoms with E-state index >= 15 is 0 Å². The van der Waals surface area contributed by atoms with E-state index in [4.69, 9.17) is 4.78 Å². The highest BCUT2D eigenvalue weighted by Crippen LogP contribution is 2.45. The molecule has 1 atom stereocenters. The zero-order valence-electron chi connectivity index (χ0n) is 21.0. The molecule has 2 aromatic rings. The average Bonchev–Trinajstić information content (AvgIpc) is 3.29. The zero-order valence-corrected chi connectivity index (χ0v) is 21.8. The van der Waals surface area contributed by atoms with E-state index in [1.807, 2.05) is 6.07 Å². The van der Waals surface area contributed by atoms with Crippen molar-refractivity contribution in [2.45, 2.75) is 43.9 Å².